The van der Waals surface area contributed by atoms with Crippen LogP contribution in [0, 0.1) is 3.77 Å². The molecule has 0 aliphatic carbocycles. The number of halogens is 1. The molecule has 0 spiro atoms. The molecule has 1 aliphatic rings. The van der Waals surface area contributed by atoms with Crippen LogP contribution in [0.4, 0.5) is 0 Å². The van der Waals surface area contributed by atoms with Crippen LogP contribution >= 0.6 is 22.6 Å². The van der Waals surface area contributed by atoms with Crippen molar-refractivity contribution in [3.63, 3.8) is 0 Å². The number of ether oxygens (including phenoxy) is 1. The number of esters is 1. The SMILES string of the molecule is O=C1OC(c2ccc(-c3ccccc3)cc2)=N/C1=C\c1ccc(I)o1. The minimum absolute atomic E-state index is 0.230. The Hall–Kier alpha value is -2.67. The molecule has 0 unspecified atom stereocenters. The van der Waals surface area contributed by atoms with E-state index in [1.807, 2.05) is 60.7 Å². The lowest BCUT2D eigenvalue weighted by molar-refractivity contribution is -0.129. The smallest absolute Gasteiger partial charge is 0.363 e. The zero-order valence-electron chi connectivity index (χ0n) is 13.0. The molecule has 25 heavy (non-hydrogen) atoms. The molecule has 5 heteroatoms. The molecule has 1 aliphatic heterocycles. The van der Waals surface area contributed by atoms with E-state index < -0.39 is 5.97 Å². The lowest BCUT2D eigenvalue weighted by atomic mass is 10.0. The van der Waals surface area contributed by atoms with Gasteiger partial charge in [-0.05, 0) is 58.0 Å². The minimum atomic E-state index is -0.478. The van der Waals surface area contributed by atoms with Crippen LogP contribution in [0.3, 0.4) is 0 Å². The number of carbonyl (C=O) groups excluding carboxylic acids is 1. The van der Waals surface area contributed by atoms with Gasteiger partial charge < -0.3 is 9.15 Å². The topological polar surface area (TPSA) is 51.8 Å². The number of aliphatic imine (C=N–C) groups is 1. The van der Waals surface area contributed by atoms with E-state index in [0.29, 0.717) is 11.7 Å². The second-order valence-corrected chi connectivity index (χ2v) is 6.48. The van der Waals surface area contributed by atoms with Gasteiger partial charge in [0.2, 0.25) is 5.90 Å². The van der Waals surface area contributed by atoms with Gasteiger partial charge in [0.05, 0.1) is 0 Å². The third-order valence-corrected chi connectivity index (χ3v) is 4.31. The molecule has 0 atom stereocenters. The Labute approximate surface area is 158 Å². The van der Waals surface area contributed by atoms with Gasteiger partial charge in [-0.3, -0.25) is 0 Å². The van der Waals surface area contributed by atoms with Gasteiger partial charge in [-0.15, -0.1) is 0 Å². The monoisotopic (exact) mass is 441 g/mol. The van der Waals surface area contributed by atoms with Crippen molar-refractivity contribution in [3.05, 3.63) is 87.5 Å². The van der Waals surface area contributed by atoms with Crippen LogP contribution in [0.15, 0.2) is 81.8 Å². The molecule has 0 N–H and O–H groups in total. The second-order valence-electron chi connectivity index (χ2n) is 5.42. The number of cyclic esters (lactones) is 1. The molecule has 2 heterocycles. The molecular formula is C20H12INO3. The van der Waals surface area contributed by atoms with Gasteiger partial charge in [-0.1, -0.05) is 42.5 Å². The number of rotatable bonds is 3. The zero-order chi connectivity index (χ0) is 17.2. The van der Waals surface area contributed by atoms with Gasteiger partial charge in [-0.2, -0.15) is 0 Å². The van der Waals surface area contributed by atoms with E-state index >= 15 is 0 Å². The van der Waals surface area contributed by atoms with Gasteiger partial charge in [0.25, 0.3) is 0 Å². The quantitative estimate of drug-likeness (QED) is 0.330. The molecule has 0 fully saturated rings. The molecule has 4 rings (SSSR count). The Kier molecular flexibility index (Phi) is 4.23. The molecule has 0 radical (unpaired) electrons. The summed E-state index contributed by atoms with van der Waals surface area (Å²) in [6.45, 7) is 0. The van der Waals surface area contributed by atoms with Gasteiger partial charge in [0.1, 0.15) is 5.76 Å². The van der Waals surface area contributed by atoms with Crippen molar-refractivity contribution in [1.29, 1.82) is 0 Å². The Morgan fingerprint density at radius 3 is 2.20 bits per heavy atom. The van der Waals surface area contributed by atoms with Crippen molar-refractivity contribution >= 4 is 40.5 Å². The van der Waals surface area contributed by atoms with Crippen molar-refractivity contribution in [2.45, 2.75) is 0 Å². The summed E-state index contributed by atoms with van der Waals surface area (Å²) in [5.74, 6) is 0.395. The number of nitrogens with zero attached hydrogens (tertiary/aromatic N) is 1. The lowest BCUT2D eigenvalue weighted by Crippen LogP contribution is -2.05. The number of furan rings is 1. The van der Waals surface area contributed by atoms with Crippen molar-refractivity contribution in [2.24, 2.45) is 4.99 Å². The van der Waals surface area contributed by atoms with Crippen LogP contribution in [-0.2, 0) is 9.53 Å². The maximum Gasteiger partial charge on any atom is 0.363 e. The highest BCUT2D eigenvalue weighted by molar-refractivity contribution is 14.1. The zero-order valence-corrected chi connectivity index (χ0v) is 15.1. The third kappa shape index (κ3) is 3.41. The van der Waals surface area contributed by atoms with E-state index in [-0.39, 0.29) is 5.70 Å². The molecule has 0 amide bonds. The second kappa shape index (κ2) is 6.68. The first kappa shape index (κ1) is 15.8. The maximum absolute atomic E-state index is 12.0. The summed E-state index contributed by atoms with van der Waals surface area (Å²) < 4.78 is 11.5. The van der Waals surface area contributed by atoms with Crippen molar-refractivity contribution in [3.8, 4) is 11.1 Å². The van der Waals surface area contributed by atoms with Gasteiger partial charge in [0.15, 0.2) is 9.46 Å². The Morgan fingerprint density at radius 1 is 0.840 bits per heavy atom. The first-order valence-corrected chi connectivity index (χ1v) is 8.71. The van der Waals surface area contributed by atoms with Crippen LogP contribution in [0.2, 0.25) is 0 Å². The normalized spacial score (nSPS) is 15.3. The van der Waals surface area contributed by atoms with E-state index in [1.165, 1.54) is 0 Å². The van der Waals surface area contributed by atoms with Crippen molar-refractivity contribution in [1.82, 2.24) is 0 Å². The van der Waals surface area contributed by atoms with E-state index in [0.717, 1.165) is 20.5 Å². The highest BCUT2D eigenvalue weighted by atomic mass is 127. The maximum atomic E-state index is 12.0. The highest BCUT2D eigenvalue weighted by Crippen LogP contribution is 2.23. The van der Waals surface area contributed by atoms with Crippen LogP contribution in [0.1, 0.15) is 11.3 Å². The number of hydrogen-bond donors (Lipinski definition) is 0. The molecule has 0 saturated heterocycles. The number of benzene rings is 2. The summed E-state index contributed by atoms with van der Waals surface area (Å²) in [5, 5.41) is 0. The van der Waals surface area contributed by atoms with Gasteiger partial charge in [-0.25, -0.2) is 9.79 Å². The average Bonchev–Trinajstić information content (AvgIpc) is 3.22. The summed E-state index contributed by atoms with van der Waals surface area (Å²) in [7, 11) is 0. The Bertz CT molecular complexity index is 985. The fraction of sp³-hybridized carbons (Fsp3) is 0. The summed E-state index contributed by atoms with van der Waals surface area (Å²) >= 11 is 2.07. The number of carbonyl (C=O) groups is 1. The molecular weight excluding hydrogens is 429 g/mol. The fourth-order valence-electron chi connectivity index (χ4n) is 2.51. The predicted octanol–water partition coefficient (Wildman–Crippen LogP) is 4.90. The third-order valence-electron chi connectivity index (χ3n) is 3.73. The van der Waals surface area contributed by atoms with Crippen molar-refractivity contribution in [2.75, 3.05) is 0 Å². The lowest BCUT2D eigenvalue weighted by Gasteiger charge is -2.03. The van der Waals surface area contributed by atoms with E-state index in [2.05, 4.69) is 27.6 Å². The molecule has 4 nitrogen and oxygen atoms in total. The minimum Gasteiger partial charge on any atom is -0.451 e. The Morgan fingerprint density at radius 2 is 1.52 bits per heavy atom. The van der Waals surface area contributed by atoms with Gasteiger partial charge >= 0.3 is 5.97 Å². The molecule has 0 bridgehead atoms. The predicted molar refractivity (Wildman–Crippen MR) is 104 cm³/mol. The van der Waals surface area contributed by atoms with Crippen molar-refractivity contribution < 1.29 is 13.9 Å². The Balaban J connectivity index is 1.61. The van der Waals surface area contributed by atoms with Crippen LogP contribution < -0.4 is 0 Å². The first-order chi connectivity index (χ1) is 12.2. The van der Waals surface area contributed by atoms with E-state index in [9.17, 15) is 4.79 Å². The fourth-order valence-corrected chi connectivity index (χ4v) is 2.94. The summed E-state index contributed by atoms with van der Waals surface area (Å²) in [6.07, 6.45) is 1.58. The molecule has 0 saturated carbocycles. The van der Waals surface area contributed by atoms with Crippen LogP contribution in [0.5, 0.6) is 0 Å². The average molecular weight is 441 g/mol. The molecule has 1 aromatic heterocycles. The molecule has 122 valence electrons. The summed E-state index contributed by atoms with van der Waals surface area (Å²) in [4.78, 5) is 16.3. The summed E-state index contributed by atoms with van der Waals surface area (Å²) in [6, 6.07) is 21.4. The van der Waals surface area contributed by atoms with Gasteiger partial charge in [0, 0.05) is 11.6 Å². The first-order valence-electron chi connectivity index (χ1n) is 7.63. The van der Waals surface area contributed by atoms with E-state index in [1.54, 1.807) is 12.1 Å². The molecule has 3 aromatic rings. The largest absolute Gasteiger partial charge is 0.451 e. The highest BCUT2D eigenvalue weighted by Gasteiger charge is 2.24. The summed E-state index contributed by atoms with van der Waals surface area (Å²) in [5.41, 5.74) is 3.21. The van der Waals surface area contributed by atoms with Crippen LogP contribution in [-0.4, -0.2) is 11.9 Å². The van der Waals surface area contributed by atoms with Crippen LogP contribution in [0.25, 0.3) is 17.2 Å². The number of hydrogen-bond acceptors (Lipinski definition) is 4. The standard InChI is InChI=1S/C20H12INO3/c21-18-11-10-16(24-18)12-17-20(23)25-19(22-17)15-8-6-14(7-9-15)13-4-2-1-3-5-13/h1-12H/b17-12-. The van der Waals surface area contributed by atoms with E-state index in [4.69, 9.17) is 9.15 Å². The molecule has 2 aromatic carbocycles.